The summed E-state index contributed by atoms with van der Waals surface area (Å²) in [6.07, 6.45) is 1.63. The number of fused-ring (bicyclic) bond motifs is 1. The van der Waals surface area contributed by atoms with Crippen molar-refractivity contribution < 1.29 is 14.6 Å². The second-order valence-corrected chi connectivity index (χ2v) is 6.14. The van der Waals surface area contributed by atoms with Crippen LogP contribution in [0.4, 0.5) is 0 Å². The number of nitrogens with zero attached hydrogens (tertiary/aromatic N) is 2. The van der Waals surface area contributed by atoms with Gasteiger partial charge in [0.05, 0.1) is 24.1 Å². The molecular formula is C16H17BrN2O3. The highest BCUT2D eigenvalue weighted by Gasteiger charge is 2.31. The zero-order chi connectivity index (χ0) is 15.7. The van der Waals surface area contributed by atoms with E-state index >= 15 is 0 Å². The summed E-state index contributed by atoms with van der Waals surface area (Å²) in [5.41, 5.74) is 2.59. The molecule has 1 aliphatic carbocycles. The molecule has 0 saturated carbocycles. The molecule has 1 aliphatic rings. The van der Waals surface area contributed by atoms with E-state index in [1.807, 2.05) is 24.3 Å². The molecule has 6 heteroatoms. The van der Waals surface area contributed by atoms with Gasteiger partial charge in [0.1, 0.15) is 0 Å². The summed E-state index contributed by atoms with van der Waals surface area (Å²) in [7, 11) is 0. The van der Waals surface area contributed by atoms with E-state index in [1.165, 1.54) is 0 Å². The number of benzene rings is 1. The number of esters is 1. The molecule has 3 rings (SSSR count). The SMILES string of the molecule is CCOC(=O)c1nn(-c2cccc(Br)c2)c2c1C(O)CCC2. The third kappa shape index (κ3) is 2.68. The molecule has 1 unspecified atom stereocenters. The maximum atomic E-state index is 12.2. The lowest BCUT2D eigenvalue weighted by molar-refractivity contribution is 0.0510. The average molecular weight is 365 g/mol. The Labute approximate surface area is 137 Å². The number of carbonyl (C=O) groups is 1. The van der Waals surface area contributed by atoms with Gasteiger partial charge in [-0.1, -0.05) is 22.0 Å². The number of aromatic nitrogens is 2. The van der Waals surface area contributed by atoms with Gasteiger partial charge in [0.25, 0.3) is 0 Å². The zero-order valence-corrected chi connectivity index (χ0v) is 13.8. The largest absolute Gasteiger partial charge is 0.461 e. The number of aliphatic hydroxyl groups excluding tert-OH is 1. The van der Waals surface area contributed by atoms with Crippen molar-refractivity contribution in [2.75, 3.05) is 6.61 Å². The molecule has 0 aliphatic heterocycles. The highest BCUT2D eigenvalue weighted by molar-refractivity contribution is 9.10. The van der Waals surface area contributed by atoms with Crippen molar-refractivity contribution in [1.82, 2.24) is 9.78 Å². The van der Waals surface area contributed by atoms with Crippen LogP contribution >= 0.6 is 15.9 Å². The molecule has 1 aromatic carbocycles. The first kappa shape index (κ1) is 15.2. The van der Waals surface area contributed by atoms with Crippen molar-refractivity contribution >= 4 is 21.9 Å². The quantitative estimate of drug-likeness (QED) is 0.849. The molecule has 0 radical (unpaired) electrons. The molecule has 0 bridgehead atoms. The first-order valence-electron chi connectivity index (χ1n) is 7.34. The second kappa shape index (κ2) is 6.22. The van der Waals surface area contributed by atoms with Crippen LogP contribution in [0.15, 0.2) is 28.7 Å². The summed E-state index contributed by atoms with van der Waals surface area (Å²) >= 11 is 3.45. The van der Waals surface area contributed by atoms with Gasteiger partial charge in [-0.05, 0) is 44.4 Å². The molecule has 0 spiro atoms. The van der Waals surface area contributed by atoms with Crippen molar-refractivity contribution in [3.8, 4) is 5.69 Å². The maximum Gasteiger partial charge on any atom is 0.359 e. The summed E-state index contributed by atoms with van der Waals surface area (Å²) in [5.74, 6) is -0.478. The summed E-state index contributed by atoms with van der Waals surface area (Å²) in [5, 5.41) is 14.7. The standard InChI is InChI=1S/C16H17BrN2O3/c1-2-22-16(21)15-14-12(7-4-8-13(14)20)19(18-15)11-6-3-5-10(17)9-11/h3,5-6,9,13,20H,2,4,7-8H2,1H3. The first-order valence-corrected chi connectivity index (χ1v) is 8.14. The van der Waals surface area contributed by atoms with Crippen molar-refractivity contribution in [2.45, 2.75) is 32.3 Å². The molecule has 116 valence electrons. The van der Waals surface area contributed by atoms with Crippen LogP contribution in [0.3, 0.4) is 0 Å². The van der Waals surface area contributed by atoms with Crippen molar-refractivity contribution in [3.63, 3.8) is 0 Å². The van der Waals surface area contributed by atoms with Crippen LogP contribution in [0.1, 0.15) is 47.6 Å². The summed E-state index contributed by atoms with van der Waals surface area (Å²) in [4.78, 5) is 12.2. The van der Waals surface area contributed by atoms with Crippen LogP contribution in [-0.4, -0.2) is 27.5 Å². The molecular weight excluding hydrogens is 348 g/mol. The fourth-order valence-electron chi connectivity index (χ4n) is 2.83. The van der Waals surface area contributed by atoms with Gasteiger partial charge in [-0.3, -0.25) is 0 Å². The Morgan fingerprint density at radius 2 is 2.36 bits per heavy atom. The summed E-state index contributed by atoms with van der Waals surface area (Å²) in [6.45, 7) is 2.04. The lowest BCUT2D eigenvalue weighted by Gasteiger charge is -2.19. The molecule has 1 atom stereocenters. The summed E-state index contributed by atoms with van der Waals surface area (Å²) in [6, 6.07) is 7.70. The number of ether oxygens (including phenoxy) is 1. The van der Waals surface area contributed by atoms with E-state index in [1.54, 1.807) is 11.6 Å². The lowest BCUT2D eigenvalue weighted by atomic mass is 9.93. The summed E-state index contributed by atoms with van der Waals surface area (Å²) < 4.78 is 7.76. The average Bonchev–Trinajstić information content (AvgIpc) is 2.88. The maximum absolute atomic E-state index is 12.2. The van der Waals surface area contributed by atoms with E-state index in [2.05, 4.69) is 21.0 Å². The van der Waals surface area contributed by atoms with Gasteiger partial charge < -0.3 is 9.84 Å². The Balaban J connectivity index is 2.15. The number of aliphatic hydroxyl groups is 1. The fourth-order valence-corrected chi connectivity index (χ4v) is 3.22. The Kier molecular flexibility index (Phi) is 4.31. The minimum atomic E-state index is -0.663. The van der Waals surface area contributed by atoms with E-state index in [0.717, 1.165) is 28.7 Å². The van der Waals surface area contributed by atoms with Gasteiger partial charge >= 0.3 is 5.97 Å². The van der Waals surface area contributed by atoms with E-state index in [4.69, 9.17) is 4.74 Å². The predicted molar refractivity (Wildman–Crippen MR) is 85.1 cm³/mol. The fraction of sp³-hybridized carbons (Fsp3) is 0.375. The van der Waals surface area contributed by atoms with Gasteiger partial charge in [-0.25, -0.2) is 9.48 Å². The smallest absolute Gasteiger partial charge is 0.359 e. The van der Waals surface area contributed by atoms with Crippen molar-refractivity contribution in [2.24, 2.45) is 0 Å². The Bertz CT molecular complexity index is 711. The number of hydrogen-bond acceptors (Lipinski definition) is 4. The molecule has 1 aromatic heterocycles. The minimum Gasteiger partial charge on any atom is -0.461 e. The predicted octanol–water partition coefficient (Wildman–Crippen LogP) is 3.18. The monoisotopic (exact) mass is 364 g/mol. The molecule has 1 N–H and O–H groups in total. The zero-order valence-electron chi connectivity index (χ0n) is 12.3. The molecule has 0 saturated heterocycles. The van der Waals surface area contributed by atoms with Crippen LogP contribution in [0.2, 0.25) is 0 Å². The van der Waals surface area contributed by atoms with Gasteiger partial charge in [-0.15, -0.1) is 0 Å². The first-order chi connectivity index (χ1) is 10.6. The molecule has 2 aromatic rings. The number of rotatable bonds is 3. The topological polar surface area (TPSA) is 64.3 Å². The van der Waals surface area contributed by atoms with Crippen molar-refractivity contribution in [1.29, 1.82) is 0 Å². The second-order valence-electron chi connectivity index (χ2n) is 5.23. The molecule has 0 fully saturated rings. The molecule has 5 nitrogen and oxygen atoms in total. The molecule has 0 amide bonds. The van der Waals surface area contributed by atoms with Crippen LogP contribution < -0.4 is 0 Å². The van der Waals surface area contributed by atoms with Crippen LogP contribution in [0.5, 0.6) is 0 Å². The highest BCUT2D eigenvalue weighted by Crippen LogP contribution is 2.34. The highest BCUT2D eigenvalue weighted by atomic mass is 79.9. The number of halogens is 1. The number of hydrogen-bond donors (Lipinski definition) is 1. The van der Waals surface area contributed by atoms with Gasteiger partial charge in [0.2, 0.25) is 0 Å². The number of carbonyl (C=O) groups excluding carboxylic acids is 1. The van der Waals surface area contributed by atoms with Crippen LogP contribution in [-0.2, 0) is 11.2 Å². The van der Waals surface area contributed by atoms with Gasteiger partial charge in [-0.2, -0.15) is 5.10 Å². The van der Waals surface area contributed by atoms with E-state index in [0.29, 0.717) is 12.0 Å². The Hall–Kier alpha value is -1.66. The van der Waals surface area contributed by atoms with E-state index in [9.17, 15) is 9.90 Å². The van der Waals surface area contributed by atoms with Gasteiger partial charge in [0, 0.05) is 10.0 Å². The van der Waals surface area contributed by atoms with Crippen LogP contribution in [0.25, 0.3) is 5.69 Å². The molecule has 22 heavy (non-hydrogen) atoms. The van der Waals surface area contributed by atoms with Crippen molar-refractivity contribution in [3.05, 3.63) is 45.7 Å². The minimum absolute atomic E-state index is 0.226. The Morgan fingerprint density at radius 1 is 1.55 bits per heavy atom. The van der Waals surface area contributed by atoms with Gasteiger partial charge in [0.15, 0.2) is 5.69 Å². The third-order valence-corrected chi connectivity index (χ3v) is 4.26. The lowest BCUT2D eigenvalue weighted by Crippen LogP contribution is -2.14. The normalized spacial score (nSPS) is 17.1. The van der Waals surface area contributed by atoms with E-state index in [-0.39, 0.29) is 12.3 Å². The van der Waals surface area contributed by atoms with Crippen LogP contribution in [0, 0.1) is 0 Å². The van der Waals surface area contributed by atoms with E-state index < -0.39 is 12.1 Å². The third-order valence-electron chi connectivity index (χ3n) is 3.77. The molecule has 1 heterocycles. The Morgan fingerprint density at radius 3 is 3.09 bits per heavy atom.